The third-order valence-corrected chi connectivity index (χ3v) is 7.97. The number of fused-ring (bicyclic) bond motifs is 1. The lowest BCUT2D eigenvalue weighted by molar-refractivity contribution is -0.116. The van der Waals surface area contributed by atoms with E-state index in [4.69, 9.17) is 4.74 Å². The van der Waals surface area contributed by atoms with Crippen LogP contribution >= 0.6 is 11.3 Å². The Balaban J connectivity index is 1.84. The van der Waals surface area contributed by atoms with Gasteiger partial charge in [0.2, 0.25) is 15.9 Å². The molecule has 1 aliphatic carbocycles. The Kier molecular flexibility index (Phi) is 7.64. The number of amides is 1. The molecule has 1 aliphatic rings. The highest BCUT2D eigenvalue weighted by Crippen LogP contribution is 2.38. The second-order valence-corrected chi connectivity index (χ2v) is 10.1. The Morgan fingerprint density at radius 1 is 1.23 bits per heavy atom. The monoisotopic (exact) mass is 462 g/mol. The van der Waals surface area contributed by atoms with E-state index in [1.54, 1.807) is 25.1 Å². The van der Waals surface area contributed by atoms with E-state index < -0.39 is 28.4 Å². The molecular weight excluding hydrogens is 436 g/mol. The maximum absolute atomic E-state index is 13.0. The second kappa shape index (κ2) is 10.2. The van der Waals surface area contributed by atoms with Crippen molar-refractivity contribution in [3.8, 4) is 0 Å². The molecule has 3 rings (SSSR count). The van der Waals surface area contributed by atoms with Crippen LogP contribution in [0.4, 0.5) is 5.00 Å². The zero-order chi connectivity index (χ0) is 22.4. The number of hydrogen-bond donors (Lipinski definition) is 1. The van der Waals surface area contributed by atoms with Crippen molar-refractivity contribution in [2.24, 2.45) is 0 Å². The molecule has 0 atom stereocenters. The molecule has 7 nitrogen and oxygen atoms in total. The van der Waals surface area contributed by atoms with Crippen LogP contribution in [-0.2, 0) is 32.4 Å². The molecule has 1 N–H and O–H groups in total. The number of nitrogens with zero attached hydrogens (tertiary/aromatic N) is 1. The number of thiophene rings is 1. The van der Waals surface area contributed by atoms with Crippen LogP contribution in [0, 0.1) is 0 Å². The smallest absolute Gasteiger partial charge is 0.341 e. The zero-order valence-electron chi connectivity index (χ0n) is 17.4. The number of hydrogen-bond acceptors (Lipinski definition) is 6. The Morgan fingerprint density at radius 2 is 1.94 bits per heavy atom. The maximum atomic E-state index is 13.0. The first kappa shape index (κ1) is 23.2. The normalized spacial score (nSPS) is 13.5. The number of aryl methyl sites for hydroxylation is 1. The van der Waals surface area contributed by atoms with Gasteiger partial charge in [-0.2, -0.15) is 4.31 Å². The van der Waals surface area contributed by atoms with Crippen LogP contribution in [0.1, 0.15) is 40.6 Å². The van der Waals surface area contributed by atoms with Crippen molar-refractivity contribution in [3.63, 3.8) is 0 Å². The number of rotatable bonds is 9. The van der Waals surface area contributed by atoms with Crippen LogP contribution in [0.15, 0.2) is 47.9 Å². The summed E-state index contributed by atoms with van der Waals surface area (Å²) < 4.78 is 32.2. The van der Waals surface area contributed by atoms with E-state index in [0.717, 1.165) is 40.4 Å². The molecule has 0 saturated heterocycles. The minimum Gasteiger partial charge on any atom is -0.462 e. The summed E-state index contributed by atoms with van der Waals surface area (Å²) in [5.74, 6) is -0.984. The Hall–Kier alpha value is -2.49. The number of esters is 1. The van der Waals surface area contributed by atoms with Crippen LogP contribution in [0.3, 0.4) is 0 Å². The molecule has 0 bridgehead atoms. The third-order valence-electron chi connectivity index (χ3n) is 4.94. The molecule has 1 heterocycles. The van der Waals surface area contributed by atoms with E-state index in [9.17, 15) is 18.0 Å². The van der Waals surface area contributed by atoms with Gasteiger partial charge in [-0.1, -0.05) is 24.3 Å². The Morgan fingerprint density at radius 3 is 2.61 bits per heavy atom. The zero-order valence-corrected chi connectivity index (χ0v) is 19.1. The molecule has 0 fully saturated rings. The van der Waals surface area contributed by atoms with Gasteiger partial charge in [0, 0.05) is 11.4 Å². The fraction of sp³-hybridized carbons (Fsp3) is 0.364. The lowest BCUT2D eigenvalue weighted by atomic mass is 9.95. The van der Waals surface area contributed by atoms with Gasteiger partial charge < -0.3 is 10.1 Å². The summed E-state index contributed by atoms with van der Waals surface area (Å²) in [6.07, 6.45) is 5.06. The van der Waals surface area contributed by atoms with Crippen molar-refractivity contribution in [1.29, 1.82) is 0 Å². The van der Waals surface area contributed by atoms with Crippen LogP contribution in [0.5, 0.6) is 0 Å². The predicted octanol–water partition coefficient (Wildman–Crippen LogP) is 3.62. The van der Waals surface area contributed by atoms with Gasteiger partial charge in [0.1, 0.15) is 5.00 Å². The number of ether oxygens (including phenoxy) is 1. The van der Waals surface area contributed by atoms with E-state index in [-0.39, 0.29) is 18.0 Å². The summed E-state index contributed by atoms with van der Waals surface area (Å²) >= 11 is 1.37. The topological polar surface area (TPSA) is 92.8 Å². The third kappa shape index (κ3) is 5.23. The number of nitrogens with one attached hydrogen (secondary N) is 1. The fourth-order valence-corrected chi connectivity index (χ4v) is 6.21. The quantitative estimate of drug-likeness (QED) is 0.454. The van der Waals surface area contributed by atoms with Crippen molar-refractivity contribution in [1.82, 2.24) is 4.31 Å². The molecule has 31 heavy (non-hydrogen) atoms. The molecule has 9 heteroatoms. The van der Waals surface area contributed by atoms with Crippen LogP contribution < -0.4 is 5.32 Å². The van der Waals surface area contributed by atoms with Gasteiger partial charge in [-0.3, -0.25) is 4.79 Å². The van der Waals surface area contributed by atoms with Gasteiger partial charge in [-0.25, -0.2) is 13.2 Å². The van der Waals surface area contributed by atoms with E-state index in [0.29, 0.717) is 10.6 Å². The molecule has 166 valence electrons. The van der Waals surface area contributed by atoms with Gasteiger partial charge in [-0.05, 0) is 50.3 Å². The summed E-state index contributed by atoms with van der Waals surface area (Å²) in [6, 6.07) is 7.94. The minimum atomic E-state index is -3.87. The molecule has 0 unspecified atom stereocenters. The highest BCUT2D eigenvalue weighted by molar-refractivity contribution is 7.89. The summed E-state index contributed by atoms with van der Waals surface area (Å²) in [4.78, 5) is 26.6. The van der Waals surface area contributed by atoms with Crippen molar-refractivity contribution in [2.75, 3.05) is 25.0 Å². The largest absolute Gasteiger partial charge is 0.462 e. The summed E-state index contributed by atoms with van der Waals surface area (Å²) in [5, 5.41) is 3.18. The Bertz CT molecular complexity index is 1060. The van der Waals surface area contributed by atoms with E-state index in [1.807, 2.05) is 0 Å². The second-order valence-electron chi connectivity index (χ2n) is 7.08. The van der Waals surface area contributed by atoms with Gasteiger partial charge >= 0.3 is 5.97 Å². The summed E-state index contributed by atoms with van der Waals surface area (Å²) in [5.41, 5.74) is 1.33. The highest BCUT2D eigenvalue weighted by Gasteiger charge is 2.29. The highest BCUT2D eigenvalue weighted by atomic mass is 32.2. The van der Waals surface area contributed by atoms with Crippen molar-refractivity contribution in [2.45, 2.75) is 37.5 Å². The van der Waals surface area contributed by atoms with Gasteiger partial charge in [-0.15, -0.1) is 17.9 Å². The van der Waals surface area contributed by atoms with Gasteiger partial charge in [0.15, 0.2) is 0 Å². The number of benzene rings is 1. The van der Waals surface area contributed by atoms with Crippen molar-refractivity contribution >= 4 is 38.2 Å². The number of carbonyl (C=O) groups excluding carboxylic acids is 2. The SMILES string of the molecule is C=CCN(CC(=O)Nc1sc2c(c1C(=O)OCC)CCCC2)S(=O)(=O)c1ccccc1. The van der Waals surface area contributed by atoms with Crippen LogP contribution in [-0.4, -0.2) is 44.3 Å². The van der Waals surface area contributed by atoms with E-state index in [1.165, 1.54) is 29.5 Å². The molecule has 2 aromatic rings. The average molecular weight is 463 g/mol. The molecule has 0 saturated carbocycles. The van der Waals surface area contributed by atoms with Crippen LogP contribution in [0.2, 0.25) is 0 Å². The number of sulfonamides is 1. The molecule has 0 spiro atoms. The first-order chi connectivity index (χ1) is 14.9. The first-order valence-electron chi connectivity index (χ1n) is 10.2. The van der Waals surface area contributed by atoms with E-state index in [2.05, 4.69) is 11.9 Å². The fourth-order valence-electron chi connectivity index (χ4n) is 3.53. The standard InChI is InChI=1S/C22H26N2O5S2/c1-3-14-24(31(27,28)16-10-6-5-7-11-16)15-19(25)23-21-20(22(26)29-4-2)17-12-8-9-13-18(17)30-21/h3,5-7,10-11H,1,4,8-9,12-15H2,2H3,(H,23,25). The van der Waals surface area contributed by atoms with Gasteiger partial charge in [0.25, 0.3) is 0 Å². The number of anilines is 1. The van der Waals surface area contributed by atoms with E-state index >= 15 is 0 Å². The molecule has 1 aromatic carbocycles. The molecule has 0 aliphatic heterocycles. The molecule has 0 radical (unpaired) electrons. The van der Waals surface area contributed by atoms with Crippen molar-refractivity contribution < 1.29 is 22.7 Å². The first-order valence-corrected chi connectivity index (χ1v) is 12.4. The summed E-state index contributed by atoms with van der Waals surface area (Å²) in [7, 11) is -3.87. The lowest BCUT2D eigenvalue weighted by Crippen LogP contribution is -2.38. The average Bonchev–Trinajstić information content (AvgIpc) is 3.12. The molecule has 1 aromatic heterocycles. The van der Waals surface area contributed by atoms with Crippen LogP contribution in [0.25, 0.3) is 0 Å². The predicted molar refractivity (Wildman–Crippen MR) is 121 cm³/mol. The van der Waals surface area contributed by atoms with Crippen molar-refractivity contribution in [3.05, 3.63) is 59.0 Å². The summed E-state index contributed by atoms with van der Waals surface area (Å²) in [6.45, 7) is 5.16. The molecule has 1 amide bonds. The minimum absolute atomic E-state index is 0.0175. The Labute approximate surface area is 186 Å². The van der Waals surface area contributed by atoms with Gasteiger partial charge in [0.05, 0.1) is 23.6 Å². The molecular formula is C22H26N2O5S2. The number of carbonyl (C=O) groups is 2. The lowest BCUT2D eigenvalue weighted by Gasteiger charge is -2.20. The maximum Gasteiger partial charge on any atom is 0.341 e.